The smallest absolute Gasteiger partial charge is 0.288 e. The van der Waals surface area contributed by atoms with E-state index in [2.05, 4.69) is 11.8 Å². The number of likely N-dealkylation sites (tertiary alicyclic amines) is 1. The third-order valence-corrected chi connectivity index (χ3v) is 4.33. The highest BCUT2D eigenvalue weighted by Crippen LogP contribution is 2.30. The second-order valence-electron chi connectivity index (χ2n) is 5.61. The first-order valence-electron chi connectivity index (χ1n) is 6.71. The van der Waals surface area contributed by atoms with Gasteiger partial charge in [-0.05, 0) is 26.1 Å². The molecule has 0 N–H and O–H groups in total. The van der Waals surface area contributed by atoms with E-state index in [0.29, 0.717) is 19.0 Å². The number of carbonyl (C=O) groups is 1. The summed E-state index contributed by atoms with van der Waals surface area (Å²) < 4.78 is 0. The van der Waals surface area contributed by atoms with Crippen molar-refractivity contribution in [3.63, 3.8) is 0 Å². The third-order valence-electron chi connectivity index (χ3n) is 3.93. The Morgan fingerprint density at radius 3 is 2.62 bits per heavy atom. The van der Waals surface area contributed by atoms with Crippen molar-refractivity contribution in [3.05, 3.63) is 38.9 Å². The van der Waals surface area contributed by atoms with Crippen LogP contribution in [-0.2, 0) is 0 Å². The Balaban J connectivity index is 2.26. The molecule has 6 nitrogen and oxygen atoms in total. The Kier molecular flexibility index (Phi) is 4.49. The molecule has 1 heterocycles. The first-order valence-corrected chi connectivity index (χ1v) is 7.09. The number of nitro benzene ring substituents is 1. The molecule has 1 fully saturated rings. The van der Waals surface area contributed by atoms with Crippen LogP contribution in [0.3, 0.4) is 0 Å². The minimum Gasteiger partial charge on any atom is -0.337 e. The number of likely N-dealkylation sites (N-methyl/N-ethyl adjacent to an activating group) is 1. The summed E-state index contributed by atoms with van der Waals surface area (Å²) in [6.07, 6.45) is 0. The van der Waals surface area contributed by atoms with Gasteiger partial charge >= 0.3 is 0 Å². The summed E-state index contributed by atoms with van der Waals surface area (Å²) in [7, 11) is 3.96. The minimum atomic E-state index is -0.575. The molecule has 1 aliphatic heterocycles. The van der Waals surface area contributed by atoms with E-state index in [-0.39, 0.29) is 28.2 Å². The Morgan fingerprint density at radius 2 is 2.10 bits per heavy atom. The SMILES string of the molecule is CC1CN(C(=O)c2cccc([N+](=O)[O-])c2Cl)CC1N(C)C. The summed E-state index contributed by atoms with van der Waals surface area (Å²) in [5.74, 6) is 0.0984. The topological polar surface area (TPSA) is 66.7 Å². The van der Waals surface area contributed by atoms with Crippen LogP contribution in [0.25, 0.3) is 0 Å². The molecule has 21 heavy (non-hydrogen) atoms. The Bertz CT molecular complexity index is 577. The summed E-state index contributed by atoms with van der Waals surface area (Å²) in [4.78, 5) is 26.7. The number of rotatable bonds is 3. The molecular weight excluding hydrogens is 294 g/mol. The van der Waals surface area contributed by atoms with Crippen molar-refractivity contribution in [2.24, 2.45) is 5.92 Å². The number of hydrogen-bond donors (Lipinski definition) is 0. The Morgan fingerprint density at radius 1 is 1.43 bits per heavy atom. The molecule has 0 aromatic heterocycles. The van der Waals surface area contributed by atoms with E-state index < -0.39 is 4.92 Å². The summed E-state index contributed by atoms with van der Waals surface area (Å²) in [5.41, 5.74) is -0.0450. The van der Waals surface area contributed by atoms with Gasteiger partial charge in [-0.2, -0.15) is 0 Å². The average Bonchev–Trinajstić information content (AvgIpc) is 2.80. The van der Waals surface area contributed by atoms with Crippen molar-refractivity contribution in [2.45, 2.75) is 13.0 Å². The highest BCUT2D eigenvalue weighted by Gasteiger charge is 2.35. The molecule has 1 aromatic rings. The molecule has 114 valence electrons. The molecule has 1 amide bonds. The van der Waals surface area contributed by atoms with E-state index in [0.717, 1.165) is 0 Å². The highest BCUT2D eigenvalue weighted by molar-refractivity contribution is 6.35. The molecule has 1 saturated heterocycles. The van der Waals surface area contributed by atoms with Gasteiger partial charge in [-0.3, -0.25) is 14.9 Å². The van der Waals surface area contributed by atoms with Crippen LogP contribution >= 0.6 is 11.6 Å². The van der Waals surface area contributed by atoms with Crippen LogP contribution in [0.4, 0.5) is 5.69 Å². The van der Waals surface area contributed by atoms with Crippen LogP contribution < -0.4 is 0 Å². The zero-order chi connectivity index (χ0) is 15.7. The number of carbonyl (C=O) groups excluding carboxylic acids is 1. The largest absolute Gasteiger partial charge is 0.337 e. The second-order valence-corrected chi connectivity index (χ2v) is 5.99. The first-order chi connectivity index (χ1) is 9.82. The summed E-state index contributed by atoms with van der Waals surface area (Å²) in [6, 6.07) is 4.60. The lowest BCUT2D eigenvalue weighted by atomic mass is 10.1. The highest BCUT2D eigenvalue weighted by atomic mass is 35.5. The maximum atomic E-state index is 12.6. The van der Waals surface area contributed by atoms with Crippen LogP contribution in [0.1, 0.15) is 17.3 Å². The number of halogens is 1. The number of amides is 1. The van der Waals surface area contributed by atoms with Crippen LogP contribution in [0.2, 0.25) is 5.02 Å². The van der Waals surface area contributed by atoms with E-state index >= 15 is 0 Å². The molecule has 2 atom stereocenters. The standard InChI is InChI=1S/C14H18ClN3O3/c1-9-7-17(8-12(9)16(2)3)14(19)10-5-4-6-11(13(10)15)18(20)21/h4-6,9,12H,7-8H2,1-3H3. The molecule has 0 spiro atoms. The predicted molar refractivity (Wildman–Crippen MR) is 80.6 cm³/mol. The number of nitrogens with zero attached hydrogens (tertiary/aromatic N) is 3. The molecule has 1 aromatic carbocycles. The number of hydrogen-bond acceptors (Lipinski definition) is 4. The van der Waals surface area contributed by atoms with Crippen molar-refractivity contribution < 1.29 is 9.72 Å². The van der Waals surface area contributed by atoms with Gasteiger partial charge in [-0.1, -0.05) is 24.6 Å². The zero-order valence-corrected chi connectivity index (χ0v) is 13.0. The second kappa shape index (κ2) is 5.99. The maximum absolute atomic E-state index is 12.6. The molecule has 0 bridgehead atoms. The van der Waals surface area contributed by atoms with Crippen molar-refractivity contribution >= 4 is 23.2 Å². The Hall–Kier alpha value is -1.66. The van der Waals surface area contributed by atoms with Crippen LogP contribution in [0.5, 0.6) is 0 Å². The van der Waals surface area contributed by atoms with Gasteiger partial charge < -0.3 is 9.80 Å². The molecule has 0 saturated carbocycles. The molecular formula is C14H18ClN3O3. The number of nitro groups is 1. The Labute approximate surface area is 128 Å². The average molecular weight is 312 g/mol. The quantitative estimate of drug-likeness (QED) is 0.634. The van der Waals surface area contributed by atoms with E-state index in [1.807, 2.05) is 14.1 Å². The van der Waals surface area contributed by atoms with Crippen LogP contribution in [0, 0.1) is 16.0 Å². The lowest BCUT2D eigenvalue weighted by Gasteiger charge is -2.22. The molecule has 7 heteroatoms. The van der Waals surface area contributed by atoms with E-state index in [1.165, 1.54) is 18.2 Å². The van der Waals surface area contributed by atoms with Crippen LogP contribution in [-0.4, -0.2) is 53.9 Å². The van der Waals surface area contributed by atoms with Gasteiger partial charge in [0.05, 0.1) is 10.5 Å². The first kappa shape index (κ1) is 15.7. The summed E-state index contributed by atoms with van der Waals surface area (Å²) >= 11 is 6.01. The van der Waals surface area contributed by atoms with Gasteiger partial charge in [0, 0.05) is 25.2 Å². The summed E-state index contributed by atoms with van der Waals surface area (Å²) in [5, 5.41) is 10.8. The summed E-state index contributed by atoms with van der Waals surface area (Å²) in [6.45, 7) is 3.32. The van der Waals surface area contributed by atoms with Gasteiger partial charge in [0.15, 0.2) is 0 Å². The van der Waals surface area contributed by atoms with E-state index in [1.54, 1.807) is 4.90 Å². The predicted octanol–water partition coefficient (Wildman–Crippen LogP) is 2.27. The van der Waals surface area contributed by atoms with Crippen molar-refractivity contribution in [2.75, 3.05) is 27.2 Å². The molecule has 0 aliphatic carbocycles. The number of benzene rings is 1. The fourth-order valence-electron chi connectivity index (χ4n) is 2.78. The molecule has 2 unspecified atom stereocenters. The van der Waals surface area contributed by atoms with Crippen molar-refractivity contribution in [3.8, 4) is 0 Å². The lowest BCUT2D eigenvalue weighted by molar-refractivity contribution is -0.384. The lowest BCUT2D eigenvalue weighted by Crippen LogP contribution is -2.35. The molecule has 1 aliphatic rings. The van der Waals surface area contributed by atoms with Crippen molar-refractivity contribution in [1.29, 1.82) is 0 Å². The third kappa shape index (κ3) is 3.01. The molecule has 0 radical (unpaired) electrons. The monoisotopic (exact) mass is 311 g/mol. The fraction of sp³-hybridized carbons (Fsp3) is 0.500. The normalized spacial score (nSPS) is 21.9. The minimum absolute atomic E-state index is 0.0894. The zero-order valence-electron chi connectivity index (χ0n) is 12.2. The van der Waals surface area contributed by atoms with Gasteiger partial charge in [0.2, 0.25) is 0 Å². The van der Waals surface area contributed by atoms with E-state index in [9.17, 15) is 14.9 Å². The van der Waals surface area contributed by atoms with Crippen molar-refractivity contribution in [1.82, 2.24) is 9.80 Å². The maximum Gasteiger partial charge on any atom is 0.288 e. The van der Waals surface area contributed by atoms with Gasteiger partial charge in [-0.25, -0.2) is 0 Å². The van der Waals surface area contributed by atoms with Gasteiger partial charge in [-0.15, -0.1) is 0 Å². The molecule has 2 rings (SSSR count). The fourth-order valence-corrected chi connectivity index (χ4v) is 3.06. The van der Waals surface area contributed by atoms with Crippen LogP contribution in [0.15, 0.2) is 18.2 Å². The van der Waals surface area contributed by atoms with Gasteiger partial charge in [0.25, 0.3) is 11.6 Å². The van der Waals surface area contributed by atoms with E-state index in [4.69, 9.17) is 11.6 Å². The van der Waals surface area contributed by atoms with Gasteiger partial charge in [0.1, 0.15) is 5.02 Å².